The van der Waals surface area contributed by atoms with E-state index in [0.29, 0.717) is 11.8 Å². The summed E-state index contributed by atoms with van der Waals surface area (Å²) in [6.45, 7) is 5.14. The van der Waals surface area contributed by atoms with Crippen LogP contribution in [0.3, 0.4) is 0 Å². The molecule has 0 aliphatic carbocycles. The van der Waals surface area contributed by atoms with Gasteiger partial charge in [0.05, 0.1) is 0 Å². The number of rotatable bonds is 6. The molecule has 0 fully saturated rings. The van der Waals surface area contributed by atoms with Crippen molar-refractivity contribution in [3.63, 3.8) is 0 Å². The third-order valence-electron chi connectivity index (χ3n) is 2.47. The average molecular weight is 205 g/mol. The van der Waals surface area contributed by atoms with Gasteiger partial charge in [-0.15, -0.1) is 0 Å². The van der Waals surface area contributed by atoms with E-state index in [0.717, 1.165) is 19.4 Å². The maximum absolute atomic E-state index is 10.3. The van der Waals surface area contributed by atoms with Crippen LogP contribution in [-0.2, 0) is 4.79 Å². The van der Waals surface area contributed by atoms with Crippen LogP contribution in [0.4, 0.5) is 0 Å². The highest BCUT2D eigenvalue weighted by Crippen LogP contribution is 2.22. The Kier molecular flexibility index (Phi) is 4.88. The zero-order valence-corrected chi connectivity index (χ0v) is 9.44. The molecule has 0 saturated heterocycles. The lowest BCUT2D eigenvalue weighted by molar-refractivity contribution is -0.109. The largest absolute Gasteiger partial charge is 0.358 e. The monoisotopic (exact) mass is 205 g/mol. The Morgan fingerprint density at radius 1 is 1.27 bits per heavy atom. The minimum absolute atomic E-state index is 0.427. The molecule has 2 heteroatoms. The second kappa shape index (κ2) is 6.23. The lowest BCUT2D eigenvalue weighted by Gasteiger charge is -2.18. The van der Waals surface area contributed by atoms with Crippen LogP contribution in [0, 0.1) is 5.92 Å². The van der Waals surface area contributed by atoms with Crippen molar-refractivity contribution in [2.45, 2.75) is 26.2 Å². The molecule has 0 aliphatic rings. The van der Waals surface area contributed by atoms with E-state index in [-0.39, 0.29) is 0 Å². The molecule has 1 atom stereocenters. The van der Waals surface area contributed by atoms with Crippen LogP contribution >= 0.6 is 0 Å². The van der Waals surface area contributed by atoms with Crippen LogP contribution in [0.15, 0.2) is 30.3 Å². The average Bonchev–Trinajstić information content (AvgIpc) is 2.25. The highest BCUT2D eigenvalue weighted by molar-refractivity contribution is 5.46. The smallest absolute Gasteiger partial charge is 0.207 e. The minimum Gasteiger partial charge on any atom is -0.358 e. The summed E-state index contributed by atoms with van der Waals surface area (Å²) in [6.07, 6.45) is 1.88. The molecule has 1 aromatic carbocycles. The lowest BCUT2D eigenvalue weighted by atomic mass is 9.90. The molecule has 82 valence electrons. The Morgan fingerprint density at radius 2 is 1.93 bits per heavy atom. The Labute approximate surface area is 91.7 Å². The van der Waals surface area contributed by atoms with Crippen LogP contribution in [0.1, 0.15) is 31.7 Å². The fourth-order valence-electron chi connectivity index (χ4n) is 1.82. The number of carbonyl (C=O) groups is 1. The van der Waals surface area contributed by atoms with Crippen LogP contribution in [-0.4, -0.2) is 13.0 Å². The summed E-state index contributed by atoms with van der Waals surface area (Å²) in [6, 6.07) is 10.4. The van der Waals surface area contributed by atoms with Crippen molar-refractivity contribution in [2.75, 3.05) is 6.54 Å². The quantitative estimate of drug-likeness (QED) is 0.710. The Balaban J connectivity index is 2.67. The standard InChI is InChI=1S/C13H19NO/c1-11(2)8-13(9-14-10-15)12-6-4-3-5-7-12/h3-7,10-11,13H,8-9H2,1-2H3,(H,14,15). The Hall–Kier alpha value is -1.31. The molecule has 1 N–H and O–H groups in total. The van der Waals surface area contributed by atoms with Crippen LogP contribution in [0.25, 0.3) is 0 Å². The van der Waals surface area contributed by atoms with E-state index in [1.165, 1.54) is 5.56 Å². The van der Waals surface area contributed by atoms with Crippen molar-refractivity contribution < 1.29 is 4.79 Å². The van der Waals surface area contributed by atoms with E-state index in [1.807, 2.05) is 18.2 Å². The number of nitrogens with one attached hydrogen (secondary N) is 1. The second-order valence-electron chi connectivity index (χ2n) is 4.26. The van der Waals surface area contributed by atoms with Gasteiger partial charge in [-0.2, -0.15) is 0 Å². The molecule has 1 unspecified atom stereocenters. The summed E-state index contributed by atoms with van der Waals surface area (Å²) in [5.41, 5.74) is 1.31. The van der Waals surface area contributed by atoms with E-state index in [9.17, 15) is 4.79 Å². The van der Waals surface area contributed by atoms with E-state index in [2.05, 4.69) is 31.3 Å². The summed E-state index contributed by atoms with van der Waals surface area (Å²) >= 11 is 0. The van der Waals surface area contributed by atoms with Gasteiger partial charge in [-0.05, 0) is 17.9 Å². The highest BCUT2D eigenvalue weighted by atomic mass is 16.1. The molecule has 0 heterocycles. The predicted octanol–water partition coefficient (Wildman–Crippen LogP) is 2.56. The van der Waals surface area contributed by atoms with Crippen molar-refractivity contribution in [1.82, 2.24) is 5.32 Å². The summed E-state index contributed by atoms with van der Waals surface area (Å²) in [5, 5.41) is 2.77. The zero-order valence-electron chi connectivity index (χ0n) is 9.44. The van der Waals surface area contributed by atoms with Crippen molar-refractivity contribution in [3.8, 4) is 0 Å². The Morgan fingerprint density at radius 3 is 2.47 bits per heavy atom. The number of carbonyl (C=O) groups excluding carboxylic acids is 1. The van der Waals surface area contributed by atoms with Gasteiger partial charge >= 0.3 is 0 Å². The lowest BCUT2D eigenvalue weighted by Crippen LogP contribution is -2.21. The first-order valence-electron chi connectivity index (χ1n) is 5.46. The van der Waals surface area contributed by atoms with Gasteiger partial charge < -0.3 is 5.32 Å². The van der Waals surface area contributed by atoms with Crippen LogP contribution < -0.4 is 5.32 Å². The normalized spacial score (nSPS) is 12.5. The fraction of sp³-hybridized carbons (Fsp3) is 0.462. The summed E-state index contributed by atoms with van der Waals surface area (Å²) < 4.78 is 0. The zero-order chi connectivity index (χ0) is 11.1. The summed E-state index contributed by atoms with van der Waals surface area (Å²) in [4.78, 5) is 10.3. The Bertz CT molecular complexity index is 282. The van der Waals surface area contributed by atoms with Crippen molar-refractivity contribution in [3.05, 3.63) is 35.9 Å². The van der Waals surface area contributed by atoms with E-state index in [1.54, 1.807) is 0 Å². The molecule has 2 nitrogen and oxygen atoms in total. The molecule has 0 radical (unpaired) electrons. The molecule has 0 saturated carbocycles. The first kappa shape index (κ1) is 11.8. The van der Waals surface area contributed by atoms with Crippen LogP contribution in [0.2, 0.25) is 0 Å². The van der Waals surface area contributed by atoms with E-state index >= 15 is 0 Å². The van der Waals surface area contributed by atoms with Gasteiger partial charge in [0.25, 0.3) is 0 Å². The number of hydrogen-bond acceptors (Lipinski definition) is 1. The summed E-state index contributed by atoms with van der Waals surface area (Å²) in [7, 11) is 0. The van der Waals surface area contributed by atoms with Crippen molar-refractivity contribution in [2.24, 2.45) is 5.92 Å². The topological polar surface area (TPSA) is 29.1 Å². The molecule has 1 rings (SSSR count). The maximum Gasteiger partial charge on any atom is 0.207 e. The molecule has 0 aromatic heterocycles. The van der Waals surface area contributed by atoms with Gasteiger partial charge in [0, 0.05) is 12.5 Å². The molecule has 0 bridgehead atoms. The van der Waals surface area contributed by atoms with Crippen molar-refractivity contribution in [1.29, 1.82) is 0 Å². The molecular weight excluding hydrogens is 186 g/mol. The first-order valence-corrected chi connectivity index (χ1v) is 5.46. The minimum atomic E-state index is 0.427. The van der Waals surface area contributed by atoms with Crippen LogP contribution in [0.5, 0.6) is 0 Å². The van der Waals surface area contributed by atoms with Gasteiger partial charge in [0.2, 0.25) is 6.41 Å². The fourth-order valence-corrected chi connectivity index (χ4v) is 1.82. The predicted molar refractivity (Wildman–Crippen MR) is 62.7 cm³/mol. The van der Waals surface area contributed by atoms with Gasteiger partial charge in [0.15, 0.2) is 0 Å². The molecule has 15 heavy (non-hydrogen) atoms. The number of benzene rings is 1. The second-order valence-corrected chi connectivity index (χ2v) is 4.26. The molecule has 1 aromatic rings. The third kappa shape index (κ3) is 4.15. The molecular formula is C13H19NO. The van der Waals surface area contributed by atoms with Gasteiger partial charge in [-0.25, -0.2) is 0 Å². The summed E-state index contributed by atoms with van der Waals surface area (Å²) in [5.74, 6) is 1.07. The molecule has 1 amide bonds. The number of amides is 1. The van der Waals surface area contributed by atoms with Crippen molar-refractivity contribution >= 4 is 6.41 Å². The first-order chi connectivity index (χ1) is 7.24. The molecule has 0 spiro atoms. The highest BCUT2D eigenvalue weighted by Gasteiger charge is 2.12. The van der Waals surface area contributed by atoms with Gasteiger partial charge in [-0.1, -0.05) is 44.2 Å². The maximum atomic E-state index is 10.3. The number of hydrogen-bond donors (Lipinski definition) is 1. The third-order valence-corrected chi connectivity index (χ3v) is 2.47. The SMILES string of the molecule is CC(C)CC(CNC=O)c1ccccc1. The van der Waals surface area contributed by atoms with E-state index in [4.69, 9.17) is 0 Å². The molecule has 0 aliphatic heterocycles. The van der Waals surface area contributed by atoms with Gasteiger partial charge in [-0.3, -0.25) is 4.79 Å². The van der Waals surface area contributed by atoms with E-state index < -0.39 is 0 Å². The van der Waals surface area contributed by atoms with Gasteiger partial charge in [0.1, 0.15) is 0 Å².